The maximum absolute atomic E-state index is 12.7. The van der Waals surface area contributed by atoms with E-state index < -0.39 is 10.0 Å². The molecule has 0 saturated carbocycles. The lowest BCUT2D eigenvalue weighted by Gasteiger charge is -2.39. The molecule has 21 heavy (non-hydrogen) atoms. The number of amides is 1. The zero-order chi connectivity index (χ0) is 15.8. The van der Waals surface area contributed by atoms with Crippen LogP contribution in [0.5, 0.6) is 0 Å². The molecule has 0 aliphatic carbocycles. The molecule has 1 amide bonds. The molecule has 1 aliphatic heterocycles. The summed E-state index contributed by atoms with van der Waals surface area (Å²) < 4.78 is 23.0. The number of carbonyl (C=O) groups excluding carboxylic acids is 1. The minimum Gasteiger partial charge on any atom is -0.333 e. The standard InChI is InChI=1S/C13H21N3O3S2/c1-8-4-3-5-16(10(8)7-14)13(17)11-6-12(9(2)20-11)21(15,18)19/h6,8,10H,3-5,7,14H2,1-2H3,(H2,15,18,19)/t8-,10+/m0/s1. The number of rotatable bonds is 3. The first-order chi connectivity index (χ1) is 9.75. The van der Waals surface area contributed by atoms with E-state index in [2.05, 4.69) is 6.92 Å². The molecule has 4 N–H and O–H groups in total. The predicted molar refractivity (Wildman–Crippen MR) is 82.7 cm³/mol. The highest BCUT2D eigenvalue weighted by atomic mass is 32.2. The highest BCUT2D eigenvalue weighted by molar-refractivity contribution is 7.89. The summed E-state index contributed by atoms with van der Waals surface area (Å²) in [4.78, 5) is 15.4. The number of carbonyl (C=O) groups is 1. The van der Waals surface area contributed by atoms with Crippen LogP contribution in [-0.4, -0.2) is 38.4 Å². The highest BCUT2D eigenvalue weighted by Crippen LogP contribution is 2.29. The third kappa shape index (κ3) is 3.28. The lowest BCUT2D eigenvalue weighted by atomic mass is 9.90. The minimum atomic E-state index is -3.79. The van der Waals surface area contributed by atoms with E-state index in [-0.39, 0.29) is 16.8 Å². The highest BCUT2D eigenvalue weighted by Gasteiger charge is 2.32. The Labute approximate surface area is 129 Å². The van der Waals surface area contributed by atoms with Gasteiger partial charge in [0.2, 0.25) is 10.0 Å². The third-order valence-corrected chi connectivity index (χ3v) is 6.21. The van der Waals surface area contributed by atoms with Crippen LogP contribution in [0.15, 0.2) is 11.0 Å². The van der Waals surface area contributed by atoms with Crippen LogP contribution < -0.4 is 10.9 Å². The van der Waals surface area contributed by atoms with Crippen LogP contribution >= 0.6 is 11.3 Å². The largest absolute Gasteiger partial charge is 0.333 e. The molecular weight excluding hydrogens is 310 g/mol. The SMILES string of the molecule is Cc1sc(C(=O)N2CCC[C@H](C)[C@H]2CN)cc1S(N)(=O)=O. The number of sulfonamides is 1. The van der Waals surface area contributed by atoms with E-state index >= 15 is 0 Å². The first-order valence-electron chi connectivity index (χ1n) is 6.90. The first-order valence-corrected chi connectivity index (χ1v) is 9.26. The Kier molecular flexibility index (Phi) is 4.72. The van der Waals surface area contributed by atoms with Gasteiger partial charge in [0, 0.05) is 24.0 Å². The Morgan fingerprint density at radius 3 is 2.71 bits per heavy atom. The van der Waals surface area contributed by atoms with Crippen LogP contribution in [0, 0.1) is 12.8 Å². The Hall–Kier alpha value is -0.960. The summed E-state index contributed by atoms with van der Waals surface area (Å²) in [5, 5.41) is 5.16. The van der Waals surface area contributed by atoms with E-state index in [1.54, 1.807) is 11.8 Å². The number of hydrogen-bond acceptors (Lipinski definition) is 5. The van der Waals surface area contributed by atoms with Gasteiger partial charge in [0.1, 0.15) is 0 Å². The number of piperidine rings is 1. The van der Waals surface area contributed by atoms with Gasteiger partial charge in [-0.2, -0.15) is 0 Å². The maximum atomic E-state index is 12.7. The molecule has 1 aliphatic rings. The van der Waals surface area contributed by atoms with Crippen LogP contribution in [0.1, 0.15) is 34.3 Å². The van der Waals surface area contributed by atoms with Crippen molar-refractivity contribution in [2.75, 3.05) is 13.1 Å². The van der Waals surface area contributed by atoms with E-state index in [0.29, 0.717) is 28.8 Å². The van der Waals surface area contributed by atoms with Gasteiger partial charge in [-0.3, -0.25) is 4.79 Å². The molecule has 0 aromatic carbocycles. The number of primary sulfonamides is 1. The molecule has 1 aromatic rings. The summed E-state index contributed by atoms with van der Waals surface area (Å²) in [6, 6.07) is 1.39. The van der Waals surface area contributed by atoms with Crippen LogP contribution in [-0.2, 0) is 10.0 Å². The topological polar surface area (TPSA) is 106 Å². The van der Waals surface area contributed by atoms with Gasteiger partial charge in [0.15, 0.2) is 0 Å². The van der Waals surface area contributed by atoms with Gasteiger partial charge < -0.3 is 10.6 Å². The van der Waals surface area contributed by atoms with Crippen molar-refractivity contribution in [2.24, 2.45) is 16.8 Å². The second-order valence-corrected chi connectivity index (χ2v) is 8.28. The third-order valence-electron chi connectivity index (χ3n) is 4.01. The fourth-order valence-corrected chi connectivity index (χ4v) is 4.96. The van der Waals surface area contributed by atoms with Gasteiger partial charge >= 0.3 is 0 Å². The molecule has 0 radical (unpaired) electrons. The summed E-state index contributed by atoms with van der Waals surface area (Å²) in [7, 11) is -3.79. The number of thiophene rings is 1. The maximum Gasteiger partial charge on any atom is 0.264 e. The van der Waals surface area contributed by atoms with Gasteiger partial charge in [-0.05, 0) is 31.7 Å². The number of nitrogens with two attached hydrogens (primary N) is 2. The van der Waals surface area contributed by atoms with Crippen LogP contribution in [0.3, 0.4) is 0 Å². The normalized spacial score (nSPS) is 23.3. The van der Waals surface area contributed by atoms with E-state index in [9.17, 15) is 13.2 Å². The molecule has 1 aromatic heterocycles. The molecule has 0 spiro atoms. The summed E-state index contributed by atoms with van der Waals surface area (Å²) in [6.45, 7) is 4.82. The first kappa shape index (κ1) is 16.4. The van der Waals surface area contributed by atoms with E-state index in [0.717, 1.165) is 12.8 Å². The fraction of sp³-hybridized carbons (Fsp3) is 0.615. The molecule has 2 atom stereocenters. The monoisotopic (exact) mass is 331 g/mol. The van der Waals surface area contributed by atoms with Crippen molar-refractivity contribution in [1.82, 2.24) is 4.90 Å². The Balaban J connectivity index is 2.32. The predicted octanol–water partition coefficient (Wildman–Crippen LogP) is 0.903. The van der Waals surface area contributed by atoms with Crippen molar-refractivity contribution in [1.29, 1.82) is 0 Å². The Morgan fingerprint density at radius 2 is 2.19 bits per heavy atom. The summed E-state index contributed by atoms with van der Waals surface area (Å²) in [5.74, 6) is 0.200. The number of likely N-dealkylation sites (tertiary alicyclic amines) is 1. The van der Waals surface area contributed by atoms with Gasteiger partial charge in [-0.1, -0.05) is 6.92 Å². The van der Waals surface area contributed by atoms with E-state index in [1.807, 2.05) is 0 Å². The van der Waals surface area contributed by atoms with Crippen molar-refractivity contribution >= 4 is 27.3 Å². The molecule has 2 heterocycles. The Morgan fingerprint density at radius 1 is 1.52 bits per heavy atom. The number of nitrogens with zero attached hydrogens (tertiary/aromatic N) is 1. The second-order valence-electron chi connectivity index (χ2n) is 5.50. The molecule has 8 heteroatoms. The smallest absolute Gasteiger partial charge is 0.264 e. The lowest BCUT2D eigenvalue weighted by Crippen LogP contribution is -2.51. The van der Waals surface area contributed by atoms with E-state index in [1.165, 1.54) is 17.4 Å². The molecule has 2 rings (SSSR count). The average molecular weight is 331 g/mol. The van der Waals surface area contributed by atoms with Crippen molar-refractivity contribution in [3.05, 3.63) is 15.8 Å². The fourth-order valence-electron chi connectivity index (χ4n) is 2.86. The molecule has 6 nitrogen and oxygen atoms in total. The molecule has 118 valence electrons. The van der Waals surface area contributed by atoms with Gasteiger partial charge in [-0.25, -0.2) is 13.6 Å². The van der Waals surface area contributed by atoms with Crippen molar-refractivity contribution < 1.29 is 13.2 Å². The zero-order valence-corrected chi connectivity index (χ0v) is 13.8. The second kappa shape index (κ2) is 6.04. The number of hydrogen-bond donors (Lipinski definition) is 2. The van der Waals surface area contributed by atoms with Gasteiger partial charge in [-0.15, -0.1) is 11.3 Å². The summed E-state index contributed by atoms with van der Waals surface area (Å²) in [5.41, 5.74) is 5.80. The van der Waals surface area contributed by atoms with Crippen molar-refractivity contribution in [2.45, 2.75) is 37.6 Å². The van der Waals surface area contributed by atoms with Crippen molar-refractivity contribution in [3.63, 3.8) is 0 Å². The van der Waals surface area contributed by atoms with Gasteiger partial charge in [0.25, 0.3) is 5.91 Å². The van der Waals surface area contributed by atoms with Crippen LogP contribution in [0.25, 0.3) is 0 Å². The molecule has 1 fully saturated rings. The summed E-state index contributed by atoms with van der Waals surface area (Å²) >= 11 is 1.17. The molecular formula is C13H21N3O3S2. The van der Waals surface area contributed by atoms with Crippen molar-refractivity contribution in [3.8, 4) is 0 Å². The van der Waals surface area contributed by atoms with Crippen LogP contribution in [0.4, 0.5) is 0 Å². The lowest BCUT2D eigenvalue weighted by molar-refractivity contribution is 0.0537. The Bertz CT molecular complexity index is 639. The molecule has 1 saturated heterocycles. The summed E-state index contributed by atoms with van der Waals surface area (Å²) in [6.07, 6.45) is 1.99. The quantitative estimate of drug-likeness (QED) is 0.858. The van der Waals surface area contributed by atoms with Gasteiger partial charge in [0.05, 0.1) is 9.77 Å². The van der Waals surface area contributed by atoms with Crippen LogP contribution in [0.2, 0.25) is 0 Å². The average Bonchev–Trinajstić information content (AvgIpc) is 2.79. The molecule has 0 unspecified atom stereocenters. The zero-order valence-electron chi connectivity index (χ0n) is 12.2. The van der Waals surface area contributed by atoms with E-state index in [4.69, 9.17) is 10.9 Å². The number of aryl methyl sites for hydroxylation is 1. The minimum absolute atomic E-state index is 0.00610. The molecule has 0 bridgehead atoms.